The number of rotatable bonds is 0. The molecule has 1 heterocycles. The van der Waals surface area contributed by atoms with Crippen molar-refractivity contribution in [2.75, 3.05) is 7.05 Å². The van der Waals surface area contributed by atoms with E-state index in [1.807, 2.05) is 0 Å². The molecule has 80 valence electrons. The molecule has 0 bridgehead atoms. The Labute approximate surface area is 97.1 Å². The molecule has 1 aliphatic heterocycles. The molecule has 0 amide bonds. The lowest BCUT2D eigenvalue weighted by molar-refractivity contribution is -0.498. The molecule has 2 rings (SSSR count). The second-order valence-corrected chi connectivity index (χ2v) is 5.30. The lowest BCUT2D eigenvalue weighted by Gasteiger charge is -2.17. The van der Waals surface area contributed by atoms with E-state index in [9.17, 15) is 8.76 Å². The van der Waals surface area contributed by atoms with E-state index < -0.39 is 10.0 Å². The Balaban J connectivity index is 2.95. The molecule has 4 nitrogen and oxygen atoms in total. The van der Waals surface area contributed by atoms with Gasteiger partial charge in [0.15, 0.2) is 7.05 Å². The Bertz CT molecular complexity index is 588. The quantitative estimate of drug-likeness (QED) is 0.672. The van der Waals surface area contributed by atoms with E-state index in [2.05, 4.69) is 4.47 Å². The Morgan fingerprint density at radius 1 is 1.47 bits per heavy atom. The molecule has 1 unspecified atom stereocenters. The molecule has 0 aliphatic carbocycles. The zero-order valence-corrected chi connectivity index (χ0v) is 9.94. The largest absolute Gasteiger partial charge is 0.756 e. The highest BCUT2D eigenvalue weighted by Crippen LogP contribution is 2.29. The second-order valence-electron chi connectivity index (χ2n) is 2.98. The fourth-order valence-corrected chi connectivity index (χ4v) is 3.24. The Hall–Kier alpha value is -0.620. The van der Waals surface area contributed by atoms with Crippen LogP contribution in [-0.4, -0.2) is 25.7 Å². The summed E-state index contributed by atoms with van der Waals surface area (Å²) in [7, 11) is -2.23. The Morgan fingerprint density at radius 3 is 2.80 bits per heavy atom. The van der Waals surface area contributed by atoms with Crippen molar-refractivity contribution in [2.45, 2.75) is 4.90 Å². The molecular formula is C8H6Cl2N2O2S. The molecule has 0 N–H and O–H groups in total. The molecule has 0 saturated carbocycles. The molecular weight excluding hydrogens is 259 g/mol. The summed E-state index contributed by atoms with van der Waals surface area (Å²) in [4.78, 5) is 0.0399. The summed E-state index contributed by atoms with van der Waals surface area (Å²) in [5.74, 6) is 0. The molecule has 0 spiro atoms. The van der Waals surface area contributed by atoms with Gasteiger partial charge in [-0.1, -0.05) is 22.4 Å². The predicted octanol–water partition coefficient (Wildman–Crippen LogP) is 1.85. The molecule has 0 aromatic heterocycles. The molecule has 0 saturated heterocycles. The number of nitrogens with zero attached hydrogens (tertiary/aromatic N) is 2. The standard InChI is InChI=1S/C8H6Cl2N2O2S/c1-12-8(10)7-5(9)3-2-4-6(7)15(13,14)11-12/h2-4H,1H3. The van der Waals surface area contributed by atoms with Gasteiger partial charge < -0.3 is 4.55 Å². The zero-order valence-electron chi connectivity index (χ0n) is 7.61. The van der Waals surface area contributed by atoms with Crippen molar-refractivity contribution in [1.29, 1.82) is 0 Å². The van der Waals surface area contributed by atoms with Gasteiger partial charge >= 0.3 is 5.17 Å². The fourth-order valence-electron chi connectivity index (χ4n) is 1.32. The maximum absolute atomic E-state index is 11.6. The van der Waals surface area contributed by atoms with Crippen molar-refractivity contribution in [2.24, 2.45) is 4.47 Å². The lowest BCUT2D eigenvalue weighted by Crippen LogP contribution is -2.20. The van der Waals surface area contributed by atoms with E-state index in [1.165, 1.54) is 13.1 Å². The summed E-state index contributed by atoms with van der Waals surface area (Å²) in [6.45, 7) is 0. The van der Waals surface area contributed by atoms with Crippen molar-refractivity contribution in [3.8, 4) is 0 Å². The van der Waals surface area contributed by atoms with Crippen LogP contribution in [0.4, 0.5) is 0 Å². The summed E-state index contributed by atoms with van der Waals surface area (Å²) in [5, 5.41) is 0.494. The number of halogens is 2. The van der Waals surface area contributed by atoms with E-state index in [-0.39, 0.29) is 10.1 Å². The third-order valence-corrected chi connectivity index (χ3v) is 4.08. The van der Waals surface area contributed by atoms with Gasteiger partial charge in [-0.15, -0.1) is 0 Å². The highest BCUT2D eigenvalue weighted by Gasteiger charge is 2.27. The maximum atomic E-state index is 11.6. The number of hydrogen-bond donors (Lipinski definition) is 0. The average Bonchev–Trinajstić information content (AvgIpc) is 2.14. The molecule has 1 aromatic rings. The zero-order chi connectivity index (χ0) is 11.2. The average molecular weight is 265 g/mol. The first kappa shape index (κ1) is 10.9. The van der Waals surface area contributed by atoms with Crippen LogP contribution in [0.15, 0.2) is 27.6 Å². The van der Waals surface area contributed by atoms with Gasteiger partial charge in [0, 0.05) is 4.47 Å². The van der Waals surface area contributed by atoms with E-state index in [0.717, 1.165) is 4.68 Å². The lowest BCUT2D eigenvalue weighted by atomic mass is 10.2. The van der Waals surface area contributed by atoms with Gasteiger partial charge in [-0.25, -0.2) is 0 Å². The third kappa shape index (κ3) is 1.65. The fraction of sp³-hybridized carbons (Fsp3) is 0.125. The monoisotopic (exact) mass is 264 g/mol. The molecule has 15 heavy (non-hydrogen) atoms. The Kier molecular flexibility index (Phi) is 2.50. The maximum Gasteiger partial charge on any atom is 0.310 e. The topological polar surface area (TPSA) is 55.5 Å². The van der Waals surface area contributed by atoms with Crippen LogP contribution >= 0.6 is 23.2 Å². The van der Waals surface area contributed by atoms with Crippen molar-refractivity contribution < 1.29 is 13.4 Å². The predicted molar refractivity (Wildman–Crippen MR) is 57.2 cm³/mol. The van der Waals surface area contributed by atoms with Gasteiger partial charge in [0.1, 0.15) is 0 Å². The smallest absolute Gasteiger partial charge is 0.310 e. The van der Waals surface area contributed by atoms with Crippen LogP contribution in [0.3, 0.4) is 0 Å². The van der Waals surface area contributed by atoms with Crippen LogP contribution in [0.25, 0.3) is 0 Å². The SMILES string of the molecule is C[N+]1=C(Cl)c2c(Cl)cccc2S(=O)([O-])=N1. The third-order valence-electron chi connectivity index (χ3n) is 1.97. The van der Waals surface area contributed by atoms with Crippen LogP contribution in [0.5, 0.6) is 0 Å². The normalized spacial score (nSPS) is 24.8. The summed E-state index contributed by atoms with van der Waals surface area (Å²) < 4.78 is 27.8. The highest BCUT2D eigenvalue weighted by atomic mass is 35.5. The summed E-state index contributed by atoms with van der Waals surface area (Å²) in [6.07, 6.45) is 0. The minimum absolute atomic E-state index is 0.0399. The van der Waals surface area contributed by atoms with Crippen molar-refractivity contribution >= 4 is 38.4 Å². The highest BCUT2D eigenvalue weighted by molar-refractivity contribution is 7.88. The molecule has 1 atom stereocenters. The van der Waals surface area contributed by atoms with Gasteiger partial charge in [0.25, 0.3) is 0 Å². The van der Waals surface area contributed by atoms with E-state index in [4.69, 9.17) is 23.2 Å². The van der Waals surface area contributed by atoms with Crippen LogP contribution < -0.4 is 0 Å². The van der Waals surface area contributed by atoms with Gasteiger partial charge in [-0.2, -0.15) is 0 Å². The van der Waals surface area contributed by atoms with Crippen LogP contribution in [0.2, 0.25) is 5.02 Å². The minimum atomic E-state index is -3.69. The first-order valence-electron chi connectivity index (χ1n) is 3.96. The molecule has 0 radical (unpaired) electrons. The van der Waals surface area contributed by atoms with Crippen molar-refractivity contribution in [3.05, 3.63) is 28.8 Å². The summed E-state index contributed by atoms with van der Waals surface area (Å²) in [6, 6.07) is 4.55. The number of benzene rings is 1. The van der Waals surface area contributed by atoms with E-state index in [1.54, 1.807) is 12.1 Å². The van der Waals surface area contributed by atoms with Crippen LogP contribution in [0, 0.1) is 0 Å². The second kappa shape index (κ2) is 3.45. The van der Waals surface area contributed by atoms with Gasteiger partial charge in [-0.05, 0) is 23.7 Å². The Morgan fingerprint density at radius 2 is 2.13 bits per heavy atom. The molecule has 0 fully saturated rings. The summed E-state index contributed by atoms with van der Waals surface area (Å²) in [5.41, 5.74) is 0.304. The molecule has 1 aliphatic rings. The minimum Gasteiger partial charge on any atom is -0.756 e. The number of fused-ring (bicyclic) bond motifs is 1. The van der Waals surface area contributed by atoms with Crippen LogP contribution in [-0.2, 0) is 10.0 Å². The van der Waals surface area contributed by atoms with E-state index >= 15 is 0 Å². The summed E-state index contributed by atoms with van der Waals surface area (Å²) >= 11 is 11.8. The first-order chi connectivity index (χ1) is 6.93. The molecule has 1 aromatic carbocycles. The van der Waals surface area contributed by atoms with Gasteiger partial charge in [0.05, 0.1) is 25.5 Å². The van der Waals surface area contributed by atoms with Gasteiger partial charge in [-0.3, -0.25) is 4.21 Å². The van der Waals surface area contributed by atoms with Crippen LogP contribution in [0.1, 0.15) is 5.56 Å². The van der Waals surface area contributed by atoms with Gasteiger partial charge in [0.2, 0.25) is 0 Å². The van der Waals surface area contributed by atoms with E-state index in [0.29, 0.717) is 10.6 Å². The number of hydrogen-bond acceptors (Lipinski definition) is 3. The van der Waals surface area contributed by atoms with Crippen molar-refractivity contribution in [3.63, 3.8) is 0 Å². The van der Waals surface area contributed by atoms with Crippen molar-refractivity contribution in [1.82, 2.24) is 0 Å². The first-order valence-corrected chi connectivity index (χ1v) is 6.16. The molecule has 7 heteroatoms.